The van der Waals surface area contributed by atoms with Crippen molar-refractivity contribution in [3.63, 3.8) is 0 Å². The predicted molar refractivity (Wildman–Crippen MR) is 76.3 cm³/mol. The summed E-state index contributed by atoms with van der Waals surface area (Å²) < 4.78 is 28.3. The van der Waals surface area contributed by atoms with Crippen LogP contribution in [0.4, 0.5) is 14.5 Å². The first kappa shape index (κ1) is 14.7. The molecule has 1 heterocycles. The molecule has 2 rings (SSSR count). The van der Waals surface area contributed by atoms with Crippen molar-refractivity contribution in [3.8, 4) is 0 Å². The Kier molecular flexibility index (Phi) is 3.94. The molecule has 0 aliphatic carbocycles. The van der Waals surface area contributed by atoms with E-state index >= 15 is 0 Å². The van der Waals surface area contributed by atoms with Crippen molar-refractivity contribution < 1.29 is 8.78 Å². The number of nitrogens with two attached hydrogens (primary N) is 1. The van der Waals surface area contributed by atoms with Gasteiger partial charge < -0.3 is 10.6 Å². The monoisotopic (exact) mass is 282 g/mol. The second-order valence-electron chi connectivity index (χ2n) is 5.47. The molecular formula is C14H20F2N4. The molecule has 0 aromatic heterocycles. The predicted octanol–water partition coefficient (Wildman–Crippen LogP) is 1.78. The van der Waals surface area contributed by atoms with E-state index in [-0.39, 0.29) is 29.2 Å². The highest BCUT2D eigenvalue weighted by atomic mass is 19.1. The Morgan fingerprint density at radius 3 is 2.05 bits per heavy atom. The average molecular weight is 282 g/mol. The molecule has 4 nitrogen and oxygen atoms in total. The summed E-state index contributed by atoms with van der Waals surface area (Å²) in [4.78, 5) is 3.92. The number of hydrogen-bond donors (Lipinski definition) is 2. The maximum atomic E-state index is 14.2. The van der Waals surface area contributed by atoms with Crippen molar-refractivity contribution in [1.29, 1.82) is 5.41 Å². The van der Waals surface area contributed by atoms with Crippen molar-refractivity contribution in [2.45, 2.75) is 25.9 Å². The van der Waals surface area contributed by atoms with Crippen LogP contribution in [0.3, 0.4) is 0 Å². The van der Waals surface area contributed by atoms with Crippen LogP contribution in [-0.4, -0.2) is 43.0 Å². The third-order valence-corrected chi connectivity index (χ3v) is 4.00. The maximum Gasteiger partial charge on any atom is 0.150 e. The van der Waals surface area contributed by atoms with Crippen molar-refractivity contribution in [3.05, 3.63) is 29.3 Å². The number of piperazine rings is 1. The summed E-state index contributed by atoms with van der Waals surface area (Å²) in [5.41, 5.74) is 5.31. The summed E-state index contributed by atoms with van der Waals surface area (Å²) in [5.74, 6) is -1.67. The van der Waals surface area contributed by atoms with E-state index < -0.39 is 11.6 Å². The first-order valence-corrected chi connectivity index (χ1v) is 6.61. The number of nitrogen functional groups attached to an aromatic ring is 1. The van der Waals surface area contributed by atoms with Gasteiger partial charge in [-0.15, -0.1) is 0 Å². The Morgan fingerprint density at radius 2 is 1.65 bits per heavy atom. The largest absolute Gasteiger partial charge is 0.384 e. The molecule has 2 atom stereocenters. The molecule has 3 N–H and O–H groups in total. The molecule has 0 amide bonds. The van der Waals surface area contributed by atoms with Gasteiger partial charge in [-0.05, 0) is 33.0 Å². The topological polar surface area (TPSA) is 56.4 Å². The third kappa shape index (κ3) is 2.60. The SMILES string of the molecule is CC1CN(c2c(F)cc(C(=N)N)cc2F)CC(C)N1C. The molecule has 20 heavy (non-hydrogen) atoms. The minimum Gasteiger partial charge on any atom is -0.384 e. The van der Waals surface area contributed by atoms with E-state index in [2.05, 4.69) is 4.90 Å². The molecule has 1 aromatic carbocycles. The van der Waals surface area contributed by atoms with E-state index in [0.29, 0.717) is 13.1 Å². The van der Waals surface area contributed by atoms with Crippen molar-refractivity contribution in [2.75, 3.05) is 25.0 Å². The first-order chi connectivity index (χ1) is 9.31. The number of nitrogens with zero attached hydrogens (tertiary/aromatic N) is 2. The number of amidine groups is 1. The lowest BCUT2D eigenvalue weighted by molar-refractivity contribution is 0.169. The van der Waals surface area contributed by atoms with Crippen molar-refractivity contribution in [1.82, 2.24) is 4.90 Å². The average Bonchev–Trinajstić information content (AvgIpc) is 2.34. The van der Waals surface area contributed by atoms with Gasteiger partial charge in [-0.2, -0.15) is 0 Å². The minimum absolute atomic E-state index is 0.0261. The molecule has 0 spiro atoms. The molecule has 1 aliphatic heterocycles. The van der Waals surface area contributed by atoms with Crippen LogP contribution in [-0.2, 0) is 0 Å². The van der Waals surface area contributed by atoms with Crippen molar-refractivity contribution >= 4 is 11.5 Å². The second kappa shape index (κ2) is 5.36. The lowest BCUT2D eigenvalue weighted by atomic mass is 10.1. The van der Waals surface area contributed by atoms with Crippen LogP contribution >= 0.6 is 0 Å². The van der Waals surface area contributed by atoms with Gasteiger partial charge in [0.15, 0.2) is 0 Å². The highest BCUT2D eigenvalue weighted by molar-refractivity contribution is 5.95. The van der Waals surface area contributed by atoms with Gasteiger partial charge in [-0.25, -0.2) is 8.78 Å². The van der Waals surface area contributed by atoms with Gasteiger partial charge in [0.25, 0.3) is 0 Å². The summed E-state index contributed by atoms with van der Waals surface area (Å²) in [5, 5.41) is 7.26. The van der Waals surface area contributed by atoms with Gasteiger partial charge in [0, 0.05) is 30.7 Å². The fourth-order valence-electron chi connectivity index (χ4n) is 2.61. The minimum atomic E-state index is -0.667. The molecule has 0 bridgehead atoms. The highest BCUT2D eigenvalue weighted by Crippen LogP contribution is 2.28. The standard InChI is InChI=1S/C14H20F2N4/c1-8-6-20(7-9(2)19(8)3)13-11(15)4-10(14(17)18)5-12(13)16/h4-5,8-9H,6-7H2,1-3H3,(H3,17,18). The van der Waals surface area contributed by atoms with Gasteiger partial charge in [-0.3, -0.25) is 10.3 Å². The van der Waals surface area contributed by atoms with Crippen LogP contribution in [0.2, 0.25) is 0 Å². The number of halogens is 2. The number of hydrogen-bond acceptors (Lipinski definition) is 3. The molecule has 1 aliphatic rings. The zero-order chi connectivity index (χ0) is 15.0. The van der Waals surface area contributed by atoms with E-state index in [4.69, 9.17) is 11.1 Å². The quantitative estimate of drug-likeness (QED) is 0.642. The highest BCUT2D eigenvalue weighted by Gasteiger charge is 2.29. The summed E-state index contributed by atoms with van der Waals surface area (Å²) in [6.45, 7) is 5.19. The zero-order valence-corrected chi connectivity index (χ0v) is 12.0. The normalized spacial score (nSPS) is 23.9. The fraction of sp³-hybridized carbons (Fsp3) is 0.500. The molecule has 1 saturated heterocycles. The van der Waals surface area contributed by atoms with Crippen LogP contribution < -0.4 is 10.6 Å². The number of anilines is 1. The van der Waals surface area contributed by atoms with E-state index in [0.717, 1.165) is 12.1 Å². The summed E-state index contributed by atoms with van der Waals surface area (Å²) in [7, 11) is 2.01. The Hall–Kier alpha value is -1.69. The van der Waals surface area contributed by atoms with Gasteiger partial charge >= 0.3 is 0 Å². The molecular weight excluding hydrogens is 262 g/mol. The lowest BCUT2D eigenvalue weighted by Gasteiger charge is -2.43. The van der Waals surface area contributed by atoms with Crippen LogP contribution in [0, 0.1) is 17.0 Å². The molecule has 0 saturated carbocycles. The Labute approximate surface area is 117 Å². The summed E-state index contributed by atoms with van der Waals surface area (Å²) in [6.07, 6.45) is 0. The van der Waals surface area contributed by atoms with Crippen LogP contribution in [0.5, 0.6) is 0 Å². The van der Waals surface area contributed by atoms with Gasteiger partial charge in [-0.1, -0.05) is 0 Å². The van der Waals surface area contributed by atoms with Crippen LogP contribution in [0.25, 0.3) is 0 Å². The van der Waals surface area contributed by atoms with Gasteiger partial charge in [0.05, 0.1) is 0 Å². The summed E-state index contributed by atoms with van der Waals surface area (Å²) >= 11 is 0. The fourth-order valence-corrected chi connectivity index (χ4v) is 2.61. The van der Waals surface area contributed by atoms with Crippen LogP contribution in [0.15, 0.2) is 12.1 Å². The maximum absolute atomic E-state index is 14.2. The third-order valence-electron chi connectivity index (χ3n) is 4.00. The van der Waals surface area contributed by atoms with E-state index in [1.165, 1.54) is 0 Å². The van der Waals surface area contributed by atoms with Gasteiger partial charge in [0.2, 0.25) is 0 Å². The molecule has 6 heteroatoms. The number of rotatable bonds is 2. The molecule has 2 unspecified atom stereocenters. The smallest absolute Gasteiger partial charge is 0.150 e. The summed E-state index contributed by atoms with van der Waals surface area (Å²) in [6, 6.07) is 2.66. The van der Waals surface area contributed by atoms with Crippen LogP contribution in [0.1, 0.15) is 19.4 Å². The number of benzene rings is 1. The number of likely N-dealkylation sites (N-methyl/N-ethyl adjacent to an activating group) is 1. The number of nitrogens with one attached hydrogen (secondary N) is 1. The van der Waals surface area contributed by atoms with E-state index in [1.54, 1.807) is 4.90 Å². The van der Waals surface area contributed by atoms with E-state index in [9.17, 15) is 8.78 Å². The molecule has 0 radical (unpaired) electrons. The first-order valence-electron chi connectivity index (χ1n) is 6.61. The Balaban J connectivity index is 2.36. The van der Waals surface area contributed by atoms with Crippen molar-refractivity contribution in [2.24, 2.45) is 5.73 Å². The molecule has 110 valence electrons. The molecule has 1 aromatic rings. The second-order valence-corrected chi connectivity index (χ2v) is 5.47. The van der Waals surface area contributed by atoms with Gasteiger partial charge in [0.1, 0.15) is 23.2 Å². The van der Waals surface area contributed by atoms with E-state index in [1.807, 2.05) is 20.9 Å². The Morgan fingerprint density at radius 1 is 1.20 bits per heavy atom. The molecule has 1 fully saturated rings. The lowest BCUT2D eigenvalue weighted by Crippen LogP contribution is -2.55. The zero-order valence-electron chi connectivity index (χ0n) is 12.0. The Bertz CT molecular complexity index is 497.